The van der Waals surface area contributed by atoms with Gasteiger partial charge in [0.2, 0.25) is 5.88 Å². The molecule has 0 aliphatic carbocycles. The van der Waals surface area contributed by atoms with E-state index in [9.17, 15) is 9.90 Å². The Kier molecular flexibility index (Phi) is 6.47. The molecule has 3 rings (SSSR count). The van der Waals surface area contributed by atoms with E-state index in [-0.39, 0.29) is 42.4 Å². The fourth-order valence-corrected chi connectivity index (χ4v) is 2.55. The molecule has 2 aromatic rings. The fourth-order valence-electron chi connectivity index (χ4n) is 2.55. The predicted molar refractivity (Wildman–Crippen MR) is 106 cm³/mol. The van der Waals surface area contributed by atoms with Crippen LogP contribution in [0.1, 0.15) is 36.2 Å². The molecule has 1 fully saturated rings. The highest BCUT2D eigenvalue weighted by Gasteiger charge is 2.25. The average Bonchev–Trinajstić information content (AvgIpc) is 2.65. The number of anilines is 1. The van der Waals surface area contributed by atoms with E-state index in [1.54, 1.807) is 24.3 Å². The van der Waals surface area contributed by atoms with Crippen molar-refractivity contribution >= 4 is 11.7 Å². The maximum absolute atomic E-state index is 12.6. The Morgan fingerprint density at radius 1 is 1.47 bits per heavy atom. The molecule has 1 aromatic heterocycles. The van der Waals surface area contributed by atoms with Crippen molar-refractivity contribution in [3.63, 3.8) is 0 Å². The average molecular weight is 413 g/mol. The largest absolute Gasteiger partial charge is 0.474 e. The van der Waals surface area contributed by atoms with Crippen LogP contribution in [0.5, 0.6) is 5.88 Å². The van der Waals surface area contributed by atoms with Gasteiger partial charge in [-0.3, -0.25) is 9.63 Å². The van der Waals surface area contributed by atoms with E-state index < -0.39 is 11.5 Å². The molecule has 10 nitrogen and oxygen atoms in total. The Morgan fingerprint density at radius 2 is 2.23 bits per heavy atom. The van der Waals surface area contributed by atoms with Crippen molar-refractivity contribution < 1.29 is 24.2 Å². The van der Waals surface area contributed by atoms with Crippen LogP contribution in [0.2, 0.25) is 0 Å². The molecule has 2 heterocycles. The van der Waals surface area contributed by atoms with E-state index >= 15 is 0 Å². The second-order valence-corrected chi connectivity index (χ2v) is 7.43. The van der Waals surface area contributed by atoms with E-state index in [0.29, 0.717) is 17.7 Å². The third-order valence-corrected chi connectivity index (χ3v) is 4.17. The quantitative estimate of drug-likeness (QED) is 0.542. The summed E-state index contributed by atoms with van der Waals surface area (Å²) in [5, 5.41) is 18.8. The molecule has 4 N–H and O–H groups in total. The number of nitrogens with zero attached hydrogens (tertiary/aromatic N) is 3. The van der Waals surface area contributed by atoms with Crippen molar-refractivity contribution in [1.29, 1.82) is 5.26 Å². The van der Waals surface area contributed by atoms with Gasteiger partial charge in [0, 0.05) is 18.6 Å². The SMILES string of the molecule is CC(C)(O)CONC(=O)c1c(N)nc(-c2cccc(C#N)c2)nc1OCC1CCO1. The first-order valence-corrected chi connectivity index (χ1v) is 9.34. The summed E-state index contributed by atoms with van der Waals surface area (Å²) in [5.41, 5.74) is 8.02. The summed E-state index contributed by atoms with van der Waals surface area (Å²) in [6.45, 7) is 3.79. The zero-order chi connectivity index (χ0) is 21.7. The number of hydrogen-bond acceptors (Lipinski definition) is 9. The van der Waals surface area contributed by atoms with Crippen molar-refractivity contribution in [1.82, 2.24) is 15.4 Å². The lowest BCUT2D eigenvalue weighted by Crippen LogP contribution is -2.35. The van der Waals surface area contributed by atoms with Crippen LogP contribution in [0, 0.1) is 11.3 Å². The van der Waals surface area contributed by atoms with Gasteiger partial charge in [0.1, 0.15) is 24.6 Å². The fraction of sp³-hybridized carbons (Fsp3) is 0.400. The van der Waals surface area contributed by atoms with Crippen LogP contribution in [-0.2, 0) is 9.57 Å². The Labute approximate surface area is 173 Å². The summed E-state index contributed by atoms with van der Waals surface area (Å²) in [7, 11) is 0. The van der Waals surface area contributed by atoms with Gasteiger partial charge in [0.15, 0.2) is 5.82 Å². The van der Waals surface area contributed by atoms with Gasteiger partial charge in [-0.15, -0.1) is 0 Å². The first kappa shape index (κ1) is 21.4. The lowest BCUT2D eigenvalue weighted by Gasteiger charge is -2.26. The van der Waals surface area contributed by atoms with Gasteiger partial charge in [0.25, 0.3) is 5.91 Å². The van der Waals surface area contributed by atoms with Gasteiger partial charge < -0.3 is 20.3 Å². The Bertz CT molecular complexity index is 963. The van der Waals surface area contributed by atoms with Gasteiger partial charge in [-0.25, -0.2) is 10.5 Å². The molecule has 1 aliphatic rings. The normalized spacial score (nSPS) is 15.7. The highest BCUT2D eigenvalue weighted by atomic mass is 16.7. The van der Waals surface area contributed by atoms with Crippen LogP contribution < -0.4 is 16.0 Å². The van der Waals surface area contributed by atoms with E-state index in [0.717, 1.165) is 6.42 Å². The summed E-state index contributed by atoms with van der Waals surface area (Å²) in [6.07, 6.45) is 0.752. The van der Waals surface area contributed by atoms with E-state index in [1.807, 2.05) is 0 Å². The molecule has 10 heteroatoms. The van der Waals surface area contributed by atoms with Crippen molar-refractivity contribution in [2.45, 2.75) is 32.0 Å². The van der Waals surface area contributed by atoms with E-state index in [4.69, 9.17) is 25.3 Å². The van der Waals surface area contributed by atoms with Crippen molar-refractivity contribution in [3.8, 4) is 23.3 Å². The molecular weight excluding hydrogens is 390 g/mol. The van der Waals surface area contributed by atoms with Crippen LogP contribution >= 0.6 is 0 Å². The Morgan fingerprint density at radius 3 is 2.87 bits per heavy atom. The van der Waals surface area contributed by atoms with Gasteiger partial charge in [-0.1, -0.05) is 12.1 Å². The summed E-state index contributed by atoms with van der Waals surface area (Å²) in [4.78, 5) is 26.2. The van der Waals surface area contributed by atoms with Gasteiger partial charge >= 0.3 is 0 Å². The summed E-state index contributed by atoms with van der Waals surface area (Å²) < 4.78 is 11.1. The number of nitrogens with one attached hydrogen (secondary N) is 1. The molecule has 1 amide bonds. The zero-order valence-electron chi connectivity index (χ0n) is 16.7. The minimum atomic E-state index is -1.13. The van der Waals surface area contributed by atoms with Gasteiger partial charge in [0.05, 0.1) is 23.3 Å². The van der Waals surface area contributed by atoms with Gasteiger partial charge in [-0.05, 0) is 26.0 Å². The van der Waals surface area contributed by atoms with Crippen molar-refractivity contribution in [3.05, 3.63) is 35.4 Å². The number of hydroxylamine groups is 1. The van der Waals surface area contributed by atoms with Crippen LogP contribution in [0.25, 0.3) is 11.4 Å². The minimum absolute atomic E-state index is 0.0280. The minimum Gasteiger partial charge on any atom is -0.474 e. The number of aromatic nitrogens is 2. The summed E-state index contributed by atoms with van der Waals surface area (Å²) in [5.74, 6) is -0.641. The Balaban J connectivity index is 1.89. The van der Waals surface area contributed by atoms with E-state index in [2.05, 4.69) is 21.5 Å². The number of nitrogen functional groups attached to an aromatic ring is 1. The monoisotopic (exact) mass is 413 g/mol. The topological polar surface area (TPSA) is 153 Å². The van der Waals surface area contributed by atoms with Crippen LogP contribution in [-0.4, -0.2) is 52.5 Å². The maximum atomic E-state index is 12.6. The highest BCUT2D eigenvalue weighted by Crippen LogP contribution is 2.27. The number of aliphatic hydroxyl groups is 1. The number of nitrogens with two attached hydrogens (primary N) is 1. The molecule has 1 aliphatic heterocycles. The lowest BCUT2D eigenvalue weighted by molar-refractivity contribution is -0.0729. The maximum Gasteiger partial charge on any atom is 0.284 e. The molecule has 1 atom stereocenters. The van der Waals surface area contributed by atoms with Crippen LogP contribution in [0.4, 0.5) is 5.82 Å². The third kappa shape index (κ3) is 5.42. The van der Waals surface area contributed by atoms with Crippen molar-refractivity contribution in [2.24, 2.45) is 0 Å². The lowest BCUT2D eigenvalue weighted by atomic mass is 10.1. The standard InChI is InChI=1S/C20H23N5O5/c1-20(2,27)11-30-25-18(26)15-16(22)23-17(13-5-3-4-12(8-13)9-21)24-19(15)29-10-14-6-7-28-14/h3-5,8,14,27H,6-7,10-11H2,1-2H3,(H,25,26)(H2,22,23,24). The summed E-state index contributed by atoms with van der Waals surface area (Å²) in [6, 6.07) is 8.73. The highest BCUT2D eigenvalue weighted by molar-refractivity contribution is 6.00. The molecule has 0 spiro atoms. The number of rotatable bonds is 8. The number of amides is 1. The third-order valence-electron chi connectivity index (χ3n) is 4.17. The number of nitriles is 1. The number of benzene rings is 1. The Hall–Kier alpha value is -3.26. The molecule has 0 bridgehead atoms. The zero-order valence-corrected chi connectivity index (χ0v) is 16.7. The number of carbonyl (C=O) groups excluding carboxylic acids is 1. The first-order valence-electron chi connectivity index (χ1n) is 9.34. The molecule has 30 heavy (non-hydrogen) atoms. The number of hydrogen-bond donors (Lipinski definition) is 3. The molecule has 1 unspecified atom stereocenters. The molecular formula is C20H23N5O5. The molecule has 158 valence electrons. The van der Waals surface area contributed by atoms with E-state index in [1.165, 1.54) is 13.8 Å². The van der Waals surface area contributed by atoms with Crippen molar-refractivity contribution in [2.75, 3.05) is 25.6 Å². The number of ether oxygens (including phenoxy) is 2. The molecule has 0 radical (unpaired) electrons. The molecule has 1 aromatic carbocycles. The first-order chi connectivity index (χ1) is 14.3. The molecule has 1 saturated heterocycles. The second kappa shape index (κ2) is 9.04. The smallest absolute Gasteiger partial charge is 0.284 e. The molecule has 0 saturated carbocycles. The predicted octanol–water partition coefficient (Wildman–Crippen LogP) is 1.20. The van der Waals surface area contributed by atoms with Crippen LogP contribution in [0.3, 0.4) is 0 Å². The van der Waals surface area contributed by atoms with Gasteiger partial charge in [-0.2, -0.15) is 10.2 Å². The number of carbonyl (C=O) groups is 1. The van der Waals surface area contributed by atoms with Crippen LogP contribution in [0.15, 0.2) is 24.3 Å². The second-order valence-electron chi connectivity index (χ2n) is 7.43. The summed E-state index contributed by atoms with van der Waals surface area (Å²) >= 11 is 0.